The predicted octanol–water partition coefficient (Wildman–Crippen LogP) is 13.5. The van der Waals surface area contributed by atoms with E-state index >= 15 is 16.8 Å². The summed E-state index contributed by atoms with van der Waals surface area (Å²) in [5.41, 5.74) is 0. The summed E-state index contributed by atoms with van der Waals surface area (Å²) in [6.07, 6.45) is -23.2. The zero-order chi connectivity index (χ0) is 34.9. The van der Waals surface area contributed by atoms with Crippen LogP contribution in [-0.4, -0.2) is 57.8 Å². The van der Waals surface area contributed by atoms with Crippen LogP contribution in [0.1, 0.15) is 0 Å². The van der Waals surface area contributed by atoms with Gasteiger partial charge in [0.15, 0.2) is 26.4 Å². The van der Waals surface area contributed by atoms with Crippen molar-refractivity contribution in [3.05, 3.63) is 0 Å². The third-order valence-corrected chi connectivity index (χ3v) is 16.2. The van der Waals surface area contributed by atoms with Gasteiger partial charge >= 0.3 is 63.5 Å². The van der Waals surface area contributed by atoms with Crippen LogP contribution in [0.4, 0.5) is 82.1 Å². The first-order valence-corrected chi connectivity index (χ1v) is 19.1. The van der Waals surface area contributed by atoms with Crippen molar-refractivity contribution in [3.63, 3.8) is 0 Å². The van der Waals surface area contributed by atoms with Crippen LogP contribution >= 0.6 is 46.3 Å². The highest BCUT2D eigenvalue weighted by Gasteiger charge is 2.45. The summed E-state index contributed by atoms with van der Waals surface area (Å²) in [6, 6.07) is 0. The molecule has 1 aliphatic heterocycles. The van der Waals surface area contributed by atoms with Gasteiger partial charge in [-0.25, -0.2) is 0 Å². The molecule has 0 saturated heterocycles. The lowest BCUT2D eigenvalue weighted by Crippen LogP contribution is -2.16. The van der Waals surface area contributed by atoms with Gasteiger partial charge in [0.2, 0.25) is 7.52 Å². The summed E-state index contributed by atoms with van der Waals surface area (Å²) >= 11 is 0. The van der Waals surface area contributed by atoms with Gasteiger partial charge in [-0.2, -0.15) is 82.7 Å². The minimum Gasteiger partial charge on any atom is -0.294 e. The van der Waals surface area contributed by atoms with E-state index in [4.69, 9.17) is 0 Å². The van der Waals surface area contributed by atoms with Crippen molar-refractivity contribution in [2.75, 3.05) is 33.1 Å². The molecule has 0 spiro atoms. The molecular formula is C9H11F19N6O4P6. The standard InChI is InChI=1S/C9H11F19N6O4P6/c1-39(22)29-40(23,24)31-42(26,36-3-7(13,14)15)33-44(28,38-5-9(19,20)21)34-43(27,37-4-8(16,17)18)32-41(25,30-39)35-2-6(10,11)12/h2-5H2,1H3. The molecule has 0 aromatic heterocycles. The second-order valence-electron chi connectivity index (χ2n) is 7.25. The second kappa shape index (κ2) is 13.8. The number of rotatable bonds is 8. The molecule has 35 heteroatoms. The van der Waals surface area contributed by atoms with Crippen molar-refractivity contribution in [1.29, 1.82) is 0 Å². The number of nitrogens with zero attached hydrogens (tertiary/aromatic N) is 6. The smallest absolute Gasteiger partial charge is 0.294 e. The summed E-state index contributed by atoms with van der Waals surface area (Å²) in [7, 11) is -42.7. The van der Waals surface area contributed by atoms with E-state index in [-0.39, 0.29) is 6.66 Å². The lowest BCUT2D eigenvalue weighted by Gasteiger charge is -2.22. The first kappa shape index (κ1) is 41.9. The Morgan fingerprint density at radius 3 is 0.864 bits per heavy atom. The molecule has 0 radical (unpaired) electrons. The fourth-order valence-electron chi connectivity index (χ4n) is 1.87. The topological polar surface area (TPSA) is 111 Å². The van der Waals surface area contributed by atoms with E-state index in [9.17, 15) is 65.3 Å². The highest BCUT2D eigenvalue weighted by atomic mass is 31.3. The first-order valence-electron chi connectivity index (χ1n) is 9.60. The van der Waals surface area contributed by atoms with E-state index in [1.165, 1.54) is 0 Å². The summed E-state index contributed by atoms with van der Waals surface area (Å²) < 4.78 is 280. The fraction of sp³-hybridized carbons (Fsp3) is 1.00. The van der Waals surface area contributed by atoms with Crippen LogP contribution in [-0.2, 0) is 18.1 Å². The van der Waals surface area contributed by atoms with Crippen LogP contribution < -0.4 is 0 Å². The van der Waals surface area contributed by atoms with Crippen LogP contribution in [0.25, 0.3) is 0 Å². The largest absolute Gasteiger partial charge is 0.423 e. The Bertz CT molecular complexity index is 1340. The van der Waals surface area contributed by atoms with Gasteiger partial charge in [0, 0.05) is 6.66 Å². The van der Waals surface area contributed by atoms with Gasteiger partial charge in [0.25, 0.3) is 0 Å². The lowest BCUT2D eigenvalue weighted by molar-refractivity contribution is -0.154. The quantitative estimate of drug-likeness (QED) is 0.179. The summed E-state index contributed by atoms with van der Waals surface area (Å²) in [5, 5.41) is 0. The average molecular weight is 814 g/mol. The molecule has 0 bridgehead atoms. The molecule has 10 nitrogen and oxygen atoms in total. The third kappa shape index (κ3) is 17.2. The van der Waals surface area contributed by atoms with Crippen molar-refractivity contribution in [3.8, 4) is 0 Å². The number of halogens is 19. The molecule has 0 saturated carbocycles. The van der Waals surface area contributed by atoms with E-state index in [0.29, 0.717) is 0 Å². The Morgan fingerprint density at radius 1 is 0.386 bits per heavy atom. The molecular weight excluding hydrogens is 803 g/mol. The van der Waals surface area contributed by atoms with Gasteiger partial charge in [-0.1, -0.05) is 0 Å². The van der Waals surface area contributed by atoms with Crippen molar-refractivity contribution >= 4 is 46.3 Å². The maximum atomic E-state index is 15.5. The molecule has 0 aromatic rings. The second-order valence-corrected chi connectivity index (χ2v) is 18.9. The fourth-order valence-corrected chi connectivity index (χ4v) is 15.1. The molecule has 5 unspecified atom stereocenters. The molecule has 0 aromatic carbocycles. The normalized spacial score (nSPS) is 34.1. The minimum atomic E-state index is -7.42. The van der Waals surface area contributed by atoms with E-state index in [2.05, 4.69) is 18.1 Å². The monoisotopic (exact) mass is 814 g/mol. The van der Waals surface area contributed by atoms with Crippen LogP contribution in [0.2, 0.25) is 0 Å². The number of hydrogen-bond donors (Lipinski definition) is 0. The first-order chi connectivity index (χ1) is 19.1. The summed E-state index contributed by atoms with van der Waals surface area (Å²) in [6.45, 7) is -12.8. The molecule has 1 heterocycles. The number of alkyl halides is 12. The molecule has 0 aliphatic carbocycles. The van der Waals surface area contributed by atoms with Gasteiger partial charge < -0.3 is 0 Å². The van der Waals surface area contributed by atoms with Crippen molar-refractivity contribution in [2.24, 2.45) is 27.1 Å². The van der Waals surface area contributed by atoms with E-state index in [0.717, 1.165) is 0 Å². The maximum Gasteiger partial charge on any atom is 0.423 e. The van der Waals surface area contributed by atoms with Crippen LogP contribution in [0.15, 0.2) is 27.1 Å². The molecule has 1 rings (SSSR count). The molecule has 0 N–H and O–H groups in total. The van der Waals surface area contributed by atoms with E-state index < -0.39 is 97.4 Å². The van der Waals surface area contributed by atoms with Gasteiger partial charge in [0.1, 0.15) is 0 Å². The van der Waals surface area contributed by atoms with Crippen LogP contribution in [0, 0.1) is 0 Å². The minimum absolute atomic E-state index is 0.347. The zero-order valence-corrected chi connectivity index (χ0v) is 25.4. The van der Waals surface area contributed by atoms with E-state index in [1.54, 1.807) is 18.1 Å². The highest BCUT2D eigenvalue weighted by molar-refractivity contribution is 7.79. The highest BCUT2D eigenvalue weighted by Crippen LogP contribution is 2.82. The summed E-state index contributed by atoms with van der Waals surface area (Å²) in [4.78, 5) is 0. The molecule has 5 atom stereocenters. The molecule has 264 valence electrons. The van der Waals surface area contributed by atoms with Crippen molar-refractivity contribution in [2.45, 2.75) is 24.7 Å². The van der Waals surface area contributed by atoms with Crippen LogP contribution in [0.3, 0.4) is 0 Å². The van der Waals surface area contributed by atoms with Gasteiger partial charge in [0.05, 0.1) is 0 Å². The lowest BCUT2D eigenvalue weighted by atomic mass is 10.7. The Morgan fingerprint density at radius 2 is 0.614 bits per heavy atom. The van der Waals surface area contributed by atoms with Crippen LogP contribution in [0.5, 0.6) is 0 Å². The zero-order valence-electron chi connectivity index (χ0n) is 20.0. The Balaban J connectivity index is 4.47. The average Bonchev–Trinajstić information content (AvgIpc) is 2.69. The summed E-state index contributed by atoms with van der Waals surface area (Å²) in [5.74, 6) is 0. The SMILES string of the molecule is CP1(F)=NP(F)(F)=NP(F)(OCC(F)(F)F)=NP(F)(OCC(F)(F)F)=NP(F)(OCC(F)(F)F)=NP(F)(OCC(F)(F)F)=N1. The molecule has 44 heavy (non-hydrogen) atoms. The van der Waals surface area contributed by atoms with Gasteiger partial charge in [-0.05, 0) is 0 Å². The third-order valence-electron chi connectivity index (χ3n) is 2.99. The Kier molecular flexibility index (Phi) is 13.1. The Labute approximate surface area is 232 Å². The molecule has 0 fully saturated rings. The van der Waals surface area contributed by atoms with E-state index in [1.807, 2.05) is 9.03 Å². The molecule has 0 amide bonds. The molecule has 1 aliphatic rings. The predicted molar refractivity (Wildman–Crippen MR) is 118 cm³/mol. The maximum absolute atomic E-state index is 15.5. The number of hydrogen-bond acceptors (Lipinski definition) is 10. The van der Waals surface area contributed by atoms with Gasteiger partial charge in [-0.3, -0.25) is 18.1 Å². The van der Waals surface area contributed by atoms with Crippen molar-refractivity contribution < 1.29 is 100 Å². The van der Waals surface area contributed by atoms with Gasteiger partial charge in [-0.15, -0.1) is 26.5 Å². The van der Waals surface area contributed by atoms with Crippen molar-refractivity contribution in [1.82, 2.24) is 0 Å². The Hall–Kier alpha value is -0.110.